The molecule has 8 fully saturated rings. The molecule has 2 nitrogen and oxygen atoms in total. The molecule has 8 saturated carbocycles. The molecule has 9 aromatic rings. The van der Waals surface area contributed by atoms with E-state index in [0.717, 1.165) is 35.5 Å². The highest BCUT2D eigenvalue weighted by molar-refractivity contribution is 6.37. The second-order valence-electron chi connectivity index (χ2n) is 24.5. The van der Waals surface area contributed by atoms with Crippen LogP contribution in [0.4, 0.5) is 34.1 Å². The van der Waals surface area contributed by atoms with E-state index in [2.05, 4.69) is 183 Å². The van der Waals surface area contributed by atoms with Crippen molar-refractivity contribution in [1.29, 1.82) is 0 Å². The van der Waals surface area contributed by atoms with Crippen molar-refractivity contribution in [3.8, 4) is 0 Å². The summed E-state index contributed by atoms with van der Waals surface area (Å²) in [6.45, 7) is 8.89. The van der Waals surface area contributed by atoms with Crippen LogP contribution < -0.4 is 9.80 Å². The summed E-state index contributed by atoms with van der Waals surface area (Å²) in [5.74, 6) is 4.98. The van der Waals surface area contributed by atoms with Gasteiger partial charge in [0.15, 0.2) is 0 Å². The van der Waals surface area contributed by atoms with E-state index in [0.29, 0.717) is 0 Å². The molecular weight excluding hydrogens is 845 g/mol. The molecule has 0 unspecified atom stereocenters. The van der Waals surface area contributed by atoms with Gasteiger partial charge in [0, 0.05) is 33.5 Å². The Morgan fingerprint density at radius 1 is 0.314 bits per heavy atom. The first-order valence-electron chi connectivity index (χ1n) is 27.2. The minimum Gasteiger partial charge on any atom is -0.310 e. The molecule has 70 heavy (non-hydrogen) atoms. The zero-order valence-electron chi connectivity index (χ0n) is 41.7. The zero-order valence-corrected chi connectivity index (χ0v) is 41.7. The van der Waals surface area contributed by atoms with E-state index < -0.39 is 0 Å². The molecule has 0 aromatic heterocycles. The average molecular weight is 911 g/mol. The summed E-state index contributed by atoms with van der Waals surface area (Å²) in [4.78, 5) is 5.26. The molecule has 2 heteroatoms. The van der Waals surface area contributed by atoms with Gasteiger partial charge in [0.25, 0.3) is 0 Å². The van der Waals surface area contributed by atoms with Crippen LogP contribution in [0, 0.1) is 63.2 Å². The van der Waals surface area contributed by atoms with Crippen molar-refractivity contribution in [3.05, 3.63) is 179 Å². The van der Waals surface area contributed by atoms with Gasteiger partial charge in [-0.25, -0.2) is 0 Å². The number of hydrogen-bond donors (Lipinski definition) is 0. The molecule has 0 N–H and O–H groups in total. The third kappa shape index (κ3) is 6.23. The molecule has 0 radical (unpaired) electrons. The lowest BCUT2D eigenvalue weighted by Crippen LogP contribution is -2.48. The topological polar surface area (TPSA) is 6.48 Å². The minimum absolute atomic E-state index is 0.155. The fourth-order valence-electron chi connectivity index (χ4n) is 17.6. The van der Waals surface area contributed by atoms with Gasteiger partial charge >= 0.3 is 0 Å². The van der Waals surface area contributed by atoms with Crippen molar-refractivity contribution in [2.24, 2.45) is 35.5 Å². The number of fused-ring (bicyclic) bond motifs is 2. The molecule has 348 valence electrons. The zero-order chi connectivity index (χ0) is 46.6. The average Bonchev–Trinajstić information content (AvgIpc) is 3.35. The number of aryl methyl sites for hydroxylation is 4. The molecule has 8 aliphatic rings. The van der Waals surface area contributed by atoms with Gasteiger partial charge in [0.05, 0.1) is 11.4 Å². The van der Waals surface area contributed by atoms with Crippen molar-refractivity contribution in [2.75, 3.05) is 9.80 Å². The molecule has 8 aliphatic carbocycles. The third-order valence-corrected chi connectivity index (χ3v) is 19.7. The maximum atomic E-state index is 2.77. The van der Waals surface area contributed by atoms with E-state index in [1.165, 1.54) is 166 Å². The van der Waals surface area contributed by atoms with Crippen LogP contribution in [0.15, 0.2) is 146 Å². The van der Waals surface area contributed by atoms with Crippen LogP contribution >= 0.6 is 0 Å². The first-order valence-corrected chi connectivity index (χ1v) is 27.2. The molecule has 0 spiro atoms. The SMILES string of the molecule is Cc1ccc(N(c2ccc(C)cc2)c2cc(C34CC5CC(CC(C5)C3)C4)c3c4cccc5c(N(c6ccc(C)cc6)c6ccc(C)cc6)cc(C67CC8CC(CC(C8)C6)C7)c(c6cccc2c63)c54)cc1. The number of anilines is 6. The maximum absolute atomic E-state index is 2.77. The first-order chi connectivity index (χ1) is 34.2. The Hall–Kier alpha value is -6.12. The van der Waals surface area contributed by atoms with Crippen molar-refractivity contribution >= 4 is 77.2 Å². The lowest BCUT2D eigenvalue weighted by atomic mass is 9.47. The molecule has 0 amide bonds. The van der Waals surface area contributed by atoms with Crippen LogP contribution in [0.25, 0.3) is 43.1 Å². The van der Waals surface area contributed by atoms with Gasteiger partial charge in [0.2, 0.25) is 0 Å². The van der Waals surface area contributed by atoms with Crippen molar-refractivity contribution in [1.82, 2.24) is 0 Å². The maximum Gasteiger partial charge on any atom is 0.0543 e. The molecule has 9 aromatic carbocycles. The molecule has 0 saturated heterocycles. The Morgan fingerprint density at radius 3 is 0.843 bits per heavy atom. The molecule has 0 heterocycles. The highest BCUT2D eigenvalue weighted by atomic mass is 15.1. The van der Waals surface area contributed by atoms with Crippen molar-refractivity contribution in [2.45, 2.75) is 116 Å². The van der Waals surface area contributed by atoms with E-state index >= 15 is 0 Å². The summed E-state index contributed by atoms with van der Waals surface area (Å²) in [7, 11) is 0. The summed E-state index contributed by atoms with van der Waals surface area (Å²) in [5, 5.41) is 11.8. The number of benzene rings is 9. The van der Waals surface area contributed by atoms with Crippen LogP contribution in [0.3, 0.4) is 0 Å². The third-order valence-electron chi connectivity index (χ3n) is 19.7. The van der Waals surface area contributed by atoms with Gasteiger partial charge < -0.3 is 9.80 Å². The molecular formula is C68H66N2. The summed E-state index contributed by atoms with van der Waals surface area (Å²) in [5.41, 5.74) is 16.4. The van der Waals surface area contributed by atoms with E-state index in [4.69, 9.17) is 0 Å². The molecule has 0 atom stereocenters. The normalized spacial score (nSPS) is 27.4. The Bertz CT molecular complexity index is 3120. The Balaban J connectivity index is 1.11. The monoisotopic (exact) mass is 911 g/mol. The number of nitrogens with zero attached hydrogens (tertiary/aromatic N) is 2. The molecule has 0 aliphatic heterocycles. The summed E-state index contributed by atoms with van der Waals surface area (Å²) in [6, 6.07) is 58.0. The van der Waals surface area contributed by atoms with E-state index in [1.54, 1.807) is 21.9 Å². The van der Waals surface area contributed by atoms with Gasteiger partial charge in [-0.2, -0.15) is 0 Å². The van der Waals surface area contributed by atoms with Gasteiger partial charge in [-0.15, -0.1) is 0 Å². The Kier molecular flexibility index (Phi) is 9.04. The highest BCUT2D eigenvalue weighted by Gasteiger charge is 2.54. The van der Waals surface area contributed by atoms with E-state index in [1.807, 2.05) is 0 Å². The second kappa shape index (κ2) is 15.2. The molecule has 8 bridgehead atoms. The van der Waals surface area contributed by atoms with Crippen LogP contribution in [0.2, 0.25) is 0 Å². The largest absolute Gasteiger partial charge is 0.310 e. The number of rotatable bonds is 8. The summed E-state index contributed by atoms with van der Waals surface area (Å²) >= 11 is 0. The van der Waals surface area contributed by atoms with Crippen LogP contribution in [-0.2, 0) is 10.8 Å². The Morgan fingerprint density at radius 2 is 0.571 bits per heavy atom. The smallest absolute Gasteiger partial charge is 0.0543 e. The van der Waals surface area contributed by atoms with Gasteiger partial charge in [-0.3, -0.25) is 0 Å². The predicted octanol–water partition coefficient (Wildman–Crippen LogP) is 18.8. The standard InChI is InChI=1S/C68H66N2/c1-41-11-19-51(20-12-41)69(52-21-13-42(2)14-22-52)61-33-59(67-35-45-27-46(36-67)29-47(28-45)37-67)65-58-10-6-8-56-62(70(53-23-15-43(3)16-24-53)54-25-17-44(4)18-26-54)34-60(66(64(56)58)57-9-5-7-55(61)63(57)65)68-38-48-30-49(39-68)32-50(31-48)40-68/h5-26,33-34,45-50H,27-32,35-40H2,1-4H3. The molecule has 17 rings (SSSR count). The lowest BCUT2D eigenvalue weighted by molar-refractivity contribution is -0.00461. The highest BCUT2D eigenvalue weighted by Crippen LogP contribution is 2.66. The number of hydrogen-bond acceptors (Lipinski definition) is 2. The fourth-order valence-corrected chi connectivity index (χ4v) is 17.6. The van der Waals surface area contributed by atoms with E-state index in [-0.39, 0.29) is 10.8 Å². The summed E-state index contributed by atoms with van der Waals surface area (Å²) < 4.78 is 0. The van der Waals surface area contributed by atoms with Gasteiger partial charge in [0.1, 0.15) is 0 Å². The second-order valence-corrected chi connectivity index (χ2v) is 24.5. The Labute approximate surface area is 415 Å². The summed E-state index contributed by atoms with van der Waals surface area (Å²) in [6.07, 6.45) is 16.5. The minimum atomic E-state index is 0.155. The van der Waals surface area contributed by atoms with Crippen LogP contribution in [-0.4, -0.2) is 0 Å². The van der Waals surface area contributed by atoms with Crippen LogP contribution in [0.5, 0.6) is 0 Å². The lowest BCUT2D eigenvalue weighted by Gasteiger charge is -2.58. The van der Waals surface area contributed by atoms with Gasteiger partial charge in [-0.05, 0) is 255 Å². The van der Waals surface area contributed by atoms with Crippen molar-refractivity contribution < 1.29 is 0 Å². The van der Waals surface area contributed by atoms with Crippen LogP contribution in [0.1, 0.15) is 110 Å². The van der Waals surface area contributed by atoms with Crippen molar-refractivity contribution in [3.63, 3.8) is 0 Å². The van der Waals surface area contributed by atoms with Gasteiger partial charge in [-0.1, -0.05) is 107 Å². The fraction of sp³-hybridized carbons (Fsp3) is 0.353. The first kappa shape index (κ1) is 41.6. The van der Waals surface area contributed by atoms with E-state index in [9.17, 15) is 0 Å². The quantitative estimate of drug-likeness (QED) is 0.111. The predicted molar refractivity (Wildman–Crippen MR) is 296 cm³/mol.